The minimum absolute atomic E-state index is 0.0154. The van der Waals surface area contributed by atoms with Gasteiger partial charge >= 0.3 is 0 Å². The van der Waals surface area contributed by atoms with E-state index >= 15 is 0 Å². The Hall–Kier alpha value is -2.41. The fourth-order valence-corrected chi connectivity index (χ4v) is 4.41. The molecule has 1 N–H and O–H groups in total. The van der Waals surface area contributed by atoms with E-state index in [0.29, 0.717) is 19.3 Å². The van der Waals surface area contributed by atoms with E-state index in [1.165, 1.54) is 11.1 Å². The minimum atomic E-state index is -0.0154. The molecule has 1 amide bonds. The summed E-state index contributed by atoms with van der Waals surface area (Å²) in [6, 6.07) is 19.1. The molecule has 0 bridgehead atoms. The van der Waals surface area contributed by atoms with Crippen molar-refractivity contribution in [3.05, 3.63) is 65.7 Å². The van der Waals surface area contributed by atoms with Crippen LogP contribution in [0, 0.1) is 5.92 Å². The van der Waals surface area contributed by atoms with E-state index in [0.717, 1.165) is 44.8 Å². The number of likely N-dealkylation sites (tertiary alicyclic amines) is 1. The van der Waals surface area contributed by atoms with E-state index in [2.05, 4.69) is 52.8 Å². The third kappa shape index (κ3) is 5.19. The molecule has 2 aliphatic rings. The second-order valence-corrected chi connectivity index (χ2v) is 8.06. The van der Waals surface area contributed by atoms with Crippen molar-refractivity contribution in [1.82, 2.24) is 15.3 Å². The van der Waals surface area contributed by atoms with Crippen molar-refractivity contribution in [3.8, 4) is 5.75 Å². The number of nitrogens with one attached hydrogen (secondary N) is 1. The van der Waals surface area contributed by atoms with E-state index in [4.69, 9.17) is 9.47 Å². The lowest BCUT2D eigenvalue weighted by atomic mass is 9.88. The number of hydrogen-bond acceptors (Lipinski definition) is 5. The Balaban J connectivity index is 1.48. The van der Waals surface area contributed by atoms with E-state index in [1.54, 1.807) is 7.11 Å². The van der Waals surface area contributed by atoms with Gasteiger partial charge in [0.05, 0.1) is 26.2 Å². The Labute approximate surface area is 178 Å². The molecule has 2 unspecified atom stereocenters. The zero-order valence-electron chi connectivity index (χ0n) is 17.6. The molecule has 2 aliphatic heterocycles. The van der Waals surface area contributed by atoms with E-state index in [1.807, 2.05) is 17.1 Å². The van der Waals surface area contributed by atoms with Gasteiger partial charge in [-0.05, 0) is 36.1 Å². The van der Waals surface area contributed by atoms with Crippen molar-refractivity contribution in [1.29, 1.82) is 0 Å². The fourth-order valence-electron chi connectivity index (χ4n) is 4.41. The van der Waals surface area contributed by atoms with Crippen LogP contribution in [0.3, 0.4) is 0 Å². The number of ether oxygens (including phenoxy) is 2. The molecule has 2 aromatic rings. The van der Waals surface area contributed by atoms with Crippen molar-refractivity contribution >= 4 is 5.91 Å². The third-order valence-electron chi connectivity index (χ3n) is 6.04. The molecule has 0 saturated carbocycles. The van der Waals surface area contributed by atoms with Crippen LogP contribution in [0.15, 0.2) is 54.6 Å². The number of carbonyl (C=O) groups excluding carboxylic acids is 1. The molecule has 30 heavy (non-hydrogen) atoms. The van der Waals surface area contributed by atoms with Crippen LogP contribution in [0.5, 0.6) is 5.75 Å². The Morgan fingerprint density at radius 3 is 2.67 bits per heavy atom. The third-order valence-corrected chi connectivity index (χ3v) is 6.04. The molecule has 2 saturated heterocycles. The molecular formula is C24H31N3O3. The molecule has 2 fully saturated rings. The van der Waals surface area contributed by atoms with Crippen molar-refractivity contribution in [2.24, 2.45) is 5.92 Å². The quantitative estimate of drug-likeness (QED) is 0.795. The van der Waals surface area contributed by atoms with Crippen molar-refractivity contribution in [3.63, 3.8) is 0 Å². The van der Waals surface area contributed by atoms with Gasteiger partial charge in [-0.2, -0.15) is 0 Å². The van der Waals surface area contributed by atoms with Crippen LogP contribution in [0.4, 0.5) is 0 Å². The van der Waals surface area contributed by atoms with Crippen LogP contribution in [0.25, 0.3) is 0 Å². The van der Waals surface area contributed by atoms with Gasteiger partial charge in [0.2, 0.25) is 5.91 Å². The van der Waals surface area contributed by atoms with Gasteiger partial charge in [0.1, 0.15) is 5.75 Å². The summed E-state index contributed by atoms with van der Waals surface area (Å²) in [4.78, 5) is 15.4. The first-order valence-electron chi connectivity index (χ1n) is 10.8. The molecule has 160 valence electrons. The topological polar surface area (TPSA) is 54.0 Å². The average Bonchev–Trinajstić information content (AvgIpc) is 2.80. The summed E-state index contributed by atoms with van der Waals surface area (Å²) >= 11 is 0. The molecule has 4 rings (SSSR count). The van der Waals surface area contributed by atoms with Gasteiger partial charge in [-0.15, -0.1) is 0 Å². The zero-order chi connectivity index (χ0) is 20.8. The summed E-state index contributed by atoms with van der Waals surface area (Å²) in [7, 11) is 1.69. The number of nitrogens with zero attached hydrogens (tertiary/aromatic N) is 2. The average molecular weight is 410 g/mol. The summed E-state index contributed by atoms with van der Waals surface area (Å²) < 4.78 is 10.8. The number of rotatable bonds is 6. The first kappa shape index (κ1) is 20.8. The second-order valence-electron chi connectivity index (χ2n) is 8.06. The van der Waals surface area contributed by atoms with Crippen LogP contribution < -0.4 is 10.2 Å². The standard InChI is InChI=1S/C24H31N3O3/c1-29-22-9-5-6-19(16-22)17-26-18-21(24(28)25-27-12-14-30-15-13-27)10-11-23(26)20-7-3-2-4-8-20/h2-9,16,21,23H,10-15,17-18H2,1H3,(H,25,28). The second kappa shape index (κ2) is 10.1. The number of hydrazine groups is 1. The normalized spacial score (nSPS) is 23.1. The lowest BCUT2D eigenvalue weighted by Gasteiger charge is -2.40. The number of methoxy groups -OCH3 is 1. The molecule has 6 nitrogen and oxygen atoms in total. The van der Waals surface area contributed by atoms with Gasteiger partial charge in [0.25, 0.3) is 0 Å². The smallest absolute Gasteiger partial charge is 0.238 e. The van der Waals surface area contributed by atoms with Gasteiger partial charge in [0, 0.05) is 32.2 Å². The first-order valence-corrected chi connectivity index (χ1v) is 10.8. The van der Waals surface area contributed by atoms with Crippen LogP contribution in [-0.2, 0) is 16.1 Å². The van der Waals surface area contributed by atoms with Crippen LogP contribution in [0.2, 0.25) is 0 Å². The highest BCUT2D eigenvalue weighted by Gasteiger charge is 2.33. The maximum Gasteiger partial charge on any atom is 0.238 e. The van der Waals surface area contributed by atoms with Crippen LogP contribution >= 0.6 is 0 Å². The highest BCUT2D eigenvalue weighted by molar-refractivity contribution is 5.78. The Morgan fingerprint density at radius 2 is 1.90 bits per heavy atom. The summed E-state index contributed by atoms with van der Waals surface area (Å²) in [5.74, 6) is 0.972. The minimum Gasteiger partial charge on any atom is -0.497 e. The highest BCUT2D eigenvalue weighted by Crippen LogP contribution is 2.35. The zero-order valence-corrected chi connectivity index (χ0v) is 17.6. The molecular weight excluding hydrogens is 378 g/mol. The lowest BCUT2D eigenvalue weighted by Crippen LogP contribution is -2.52. The predicted octanol–water partition coefficient (Wildman–Crippen LogP) is 3.01. The first-order chi connectivity index (χ1) is 14.7. The number of carbonyl (C=O) groups is 1. The van der Waals surface area contributed by atoms with Gasteiger partial charge in [-0.25, -0.2) is 5.01 Å². The summed E-state index contributed by atoms with van der Waals surface area (Å²) in [6.07, 6.45) is 1.86. The lowest BCUT2D eigenvalue weighted by molar-refractivity contribution is -0.134. The molecule has 2 aromatic carbocycles. The fraction of sp³-hybridized carbons (Fsp3) is 0.458. The maximum absolute atomic E-state index is 13.0. The number of piperidine rings is 1. The number of benzene rings is 2. The molecule has 6 heteroatoms. The molecule has 2 heterocycles. The van der Waals surface area contributed by atoms with Gasteiger partial charge in [0.15, 0.2) is 0 Å². The molecule has 2 atom stereocenters. The molecule has 0 aromatic heterocycles. The monoisotopic (exact) mass is 409 g/mol. The van der Waals surface area contributed by atoms with Crippen molar-refractivity contribution < 1.29 is 14.3 Å². The Kier molecular flexibility index (Phi) is 7.00. The van der Waals surface area contributed by atoms with Crippen molar-refractivity contribution in [2.75, 3.05) is 40.0 Å². The summed E-state index contributed by atoms with van der Waals surface area (Å²) in [6.45, 7) is 4.37. The summed E-state index contributed by atoms with van der Waals surface area (Å²) in [5, 5.41) is 1.99. The summed E-state index contributed by atoms with van der Waals surface area (Å²) in [5.41, 5.74) is 5.62. The number of hydrogen-bond donors (Lipinski definition) is 1. The molecule has 0 aliphatic carbocycles. The Bertz CT molecular complexity index is 823. The van der Waals surface area contributed by atoms with Gasteiger partial charge < -0.3 is 9.47 Å². The number of morpholine rings is 1. The van der Waals surface area contributed by atoms with Gasteiger partial charge in [-0.3, -0.25) is 15.1 Å². The maximum atomic E-state index is 13.0. The van der Waals surface area contributed by atoms with Gasteiger partial charge in [-0.1, -0.05) is 42.5 Å². The molecule has 0 radical (unpaired) electrons. The SMILES string of the molecule is COc1cccc(CN2CC(C(=O)NN3CCOCC3)CCC2c2ccccc2)c1. The number of amides is 1. The van der Waals surface area contributed by atoms with Crippen LogP contribution in [-0.4, -0.2) is 55.8 Å². The predicted molar refractivity (Wildman–Crippen MR) is 116 cm³/mol. The van der Waals surface area contributed by atoms with Crippen molar-refractivity contribution in [2.45, 2.75) is 25.4 Å². The molecule has 0 spiro atoms. The van der Waals surface area contributed by atoms with E-state index in [-0.39, 0.29) is 11.8 Å². The van der Waals surface area contributed by atoms with E-state index in [9.17, 15) is 4.79 Å². The largest absolute Gasteiger partial charge is 0.497 e. The Morgan fingerprint density at radius 1 is 1.10 bits per heavy atom. The van der Waals surface area contributed by atoms with E-state index < -0.39 is 0 Å². The highest BCUT2D eigenvalue weighted by atomic mass is 16.5. The van der Waals surface area contributed by atoms with Crippen LogP contribution in [0.1, 0.15) is 30.0 Å².